The normalized spacial score (nSPS) is 12.7. The van der Waals surface area contributed by atoms with Gasteiger partial charge >= 0.3 is 0 Å². The van der Waals surface area contributed by atoms with Crippen LogP contribution in [0.4, 0.5) is 4.39 Å². The summed E-state index contributed by atoms with van der Waals surface area (Å²) >= 11 is 0. The molecule has 84 valence electrons. The van der Waals surface area contributed by atoms with Crippen LogP contribution in [0.5, 0.6) is 0 Å². The maximum atomic E-state index is 13.0. The van der Waals surface area contributed by atoms with E-state index in [0.29, 0.717) is 5.82 Å². The highest BCUT2D eigenvalue weighted by molar-refractivity contribution is 5.32. The van der Waals surface area contributed by atoms with Gasteiger partial charge in [0.25, 0.3) is 0 Å². The molecule has 0 aliphatic rings. The lowest BCUT2D eigenvalue weighted by molar-refractivity contribution is 0.593. The van der Waals surface area contributed by atoms with Crippen LogP contribution in [0.1, 0.15) is 23.0 Å². The minimum atomic E-state index is -0.317. The number of rotatable bonds is 3. The SMILES string of the molecule is Cc1cc(F)ccc1C(NN)c1ncn[nH]1. The number of nitrogens with zero attached hydrogens (tertiary/aromatic N) is 2. The van der Waals surface area contributed by atoms with Gasteiger partial charge in [-0.15, -0.1) is 0 Å². The Balaban J connectivity index is 2.41. The minimum absolute atomic E-state index is 0.269. The van der Waals surface area contributed by atoms with Crippen molar-refractivity contribution in [3.8, 4) is 0 Å². The average Bonchev–Trinajstić information content (AvgIpc) is 2.75. The first-order chi connectivity index (χ1) is 7.72. The van der Waals surface area contributed by atoms with Crippen LogP contribution in [0.2, 0.25) is 0 Å². The molecule has 0 fully saturated rings. The first kappa shape index (κ1) is 10.7. The zero-order valence-corrected chi connectivity index (χ0v) is 8.74. The Morgan fingerprint density at radius 1 is 1.50 bits per heavy atom. The quantitative estimate of drug-likeness (QED) is 0.529. The number of benzene rings is 1. The topological polar surface area (TPSA) is 79.6 Å². The number of nitrogens with two attached hydrogens (primary N) is 1. The van der Waals surface area contributed by atoms with E-state index in [-0.39, 0.29) is 11.9 Å². The molecular weight excluding hydrogens is 209 g/mol. The van der Waals surface area contributed by atoms with Gasteiger partial charge in [-0.05, 0) is 30.2 Å². The molecule has 0 aliphatic heterocycles. The Hall–Kier alpha value is -1.79. The Morgan fingerprint density at radius 3 is 2.88 bits per heavy atom. The number of H-pyrrole nitrogens is 1. The van der Waals surface area contributed by atoms with Crippen molar-refractivity contribution in [1.29, 1.82) is 0 Å². The van der Waals surface area contributed by atoms with E-state index in [1.807, 2.05) is 6.92 Å². The fraction of sp³-hybridized carbons (Fsp3) is 0.200. The summed E-state index contributed by atoms with van der Waals surface area (Å²) in [6, 6.07) is 4.21. The standard InChI is InChI=1S/C10H12FN5/c1-6-4-7(11)2-3-8(6)9(15-12)10-13-5-14-16-10/h2-5,9,15H,12H2,1H3,(H,13,14,16). The van der Waals surface area contributed by atoms with Crippen molar-refractivity contribution in [2.24, 2.45) is 5.84 Å². The Kier molecular flexibility index (Phi) is 2.93. The van der Waals surface area contributed by atoms with Crippen molar-refractivity contribution in [2.45, 2.75) is 13.0 Å². The number of nitrogens with one attached hydrogen (secondary N) is 2. The van der Waals surface area contributed by atoms with Gasteiger partial charge in [-0.1, -0.05) is 6.07 Å². The van der Waals surface area contributed by atoms with E-state index in [9.17, 15) is 4.39 Å². The molecule has 2 rings (SSSR count). The molecule has 16 heavy (non-hydrogen) atoms. The predicted octanol–water partition coefficient (Wildman–Crippen LogP) is 0.805. The average molecular weight is 221 g/mol. The number of hydrogen-bond acceptors (Lipinski definition) is 4. The lowest BCUT2D eigenvalue weighted by atomic mass is 10.0. The lowest BCUT2D eigenvalue weighted by Crippen LogP contribution is -2.30. The molecule has 1 atom stereocenters. The molecule has 0 amide bonds. The molecule has 1 unspecified atom stereocenters. The van der Waals surface area contributed by atoms with Crippen molar-refractivity contribution in [2.75, 3.05) is 0 Å². The monoisotopic (exact) mass is 221 g/mol. The Labute approximate surface area is 91.9 Å². The fourth-order valence-corrected chi connectivity index (χ4v) is 1.63. The van der Waals surface area contributed by atoms with Crippen LogP contribution in [-0.4, -0.2) is 15.2 Å². The third kappa shape index (κ3) is 1.93. The van der Waals surface area contributed by atoms with Crippen molar-refractivity contribution < 1.29 is 4.39 Å². The fourth-order valence-electron chi connectivity index (χ4n) is 1.63. The molecule has 5 nitrogen and oxygen atoms in total. The van der Waals surface area contributed by atoms with Gasteiger partial charge in [0.1, 0.15) is 24.0 Å². The smallest absolute Gasteiger partial charge is 0.147 e. The second-order valence-corrected chi connectivity index (χ2v) is 3.47. The van der Waals surface area contributed by atoms with Gasteiger partial charge in [0.2, 0.25) is 0 Å². The molecule has 4 N–H and O–H groups in total. The van der Waals surface area contributed by atoms with Gasteiger partial charge < -0.3 is 0 Å². The molecule has 0 spiro atoms. The van der Waals surface area contributed by atoms with E-state index in [0.717, 1.165) is 11.1 Å². The first-order valence-corrected chi connectivity index (χ1v) is 4.80. The maximum absolute atomic E-state index is 13.0. The van der Waals surface area contributed by atoms with E-state index >= 15 is 0 Å². The number of aromatic amines is 1. The maximum Gasteiger partial charge on any atom is 0.147 e. The van der Waals surface area contributed by atoms with Crippen LogP contribution in [0.25, 0.3) is 0 Å². The van der Waals surface area contributed by atoms with Crippen molar-refractivity contribution in [3.63, 3.8) is 0 Å². The third-order valence-electron chi connectivity index (χ3n) is 2.42. The zero-order valence-electron chi connectivity index (χ0n) is 8.74. The minimum Gasteiger partial charge on any atom is -0.270 e. The van der Waals surface area contributed by atoms with E-state index in [1.54, 1.807) is 6.07 Å². The molecule has 0 bridgehead atoms. The van der Waals surface area contributed by atoms with E-state index < -0.39 is 0 Å². The highest BCUT2D eigenvalue weighted by Crippen LogP contribution is 2.21. The van der Waals surface area contributed by atoms with E-state index in [2.05, 4.69) is 20.6 Å². The Bertz CT molecular complexity index is 468. The van der Waals surface area contributed by atoms with E-state index in [1.165, 1.54) is 18.5 Å². The molecule has 6 heteroatoms. The molecule has 1 heterocycles. The summed E-state index contributed by atoms with van der Waals surface area (Å²) in [5, 5.41) is 6.49. The van der Waals surface area contributed by atoms with Gasteiger partial charge in [0.05, 0.1) is 0 Å². The van der Waals surface area contributed by atoms with Crippen LogP contribution in [0.3, 0.4) is 0 Å². The zero-order chi connectivity index (χ0) is 11.5. The van der Waals surface area contributed by atoms with Crippen LogP contribution in [0.15, 0.2) is 24.5 Å². The molecule has 2 aromatic rings. The predicted molar refractivity (Wildman–Crippen MR) is 56.7 cm³/mol. The summed E-state index contributed by atoms with van der Waals surface area (Å²) in [6.07, 6.45) is 1.40. The number of aryl methyl sites for hydroxylation is 1. The second-order valence-electron chi connectivity index (χ2n) is 3.47. The molecule has 1 aromatic carbocycles. The van der Waals surface area contributed by atoms with Crippen LogP contribution in [-0.2, 0) is 0 Å². The highest BCUT2D eigenvalue weighted by atomic mass is 19.1. The number of halogens is 1. The second kappa shape index (κ2) is 4.38. The van der Waals surface area contributed by atoms with Gasteiger partial charge in [0.15, 0.2) is 0 Å². The van der Waals surface area contributed by atoms with Gasteiger partial charge in [-0.25, -0.2) is 14.8 Å². The first-order valence-electron chi connectivity index (χ1n) is 4.80. The third-order valence-corrected chi connectivity index (χ3v) is 2.42. The molecule has 0 aliphatic carbocycles. The molecule has 0 radical (unpaired) electrons. The summed E-state index contributed by atoms with van der Waals surface area (Å²) in [4.78, 5) is 4.02. The molecule has 0 saturated heterocycles. The van der Waals surface area contributed by atoms with Gasteiger partial charge in [-0.3, -0.25) is 10.9 Å². The molecular formula is C10H12FN5. The van der Waals surface area contributed by atoms with Gasteiger partial charge in [-0.2, -0.15) is 5.10 Å². The Morgan fingerprint density at radius 2 is 2.31 bits per heavy atom. The lowest BCUT2D eigenvalue weighted by Gasteiger charge is -2.15. The van der Waals surface area contributed by atoms with Crippen molar-refractivity contribution in [1.82, 2.24) is 20.6 Å². The molecule has 0 saturated carbocycles. The molecule has 1 aromatic heterocycles. The summed E-state index contributed by atoms with van der Waals surface area (Å²) in [6.45, 7) is 1.82. The van der Waals surface area contributed by atoms with Gasteiger partial charge in [0, 0.05) is 0 Å². The van der Waals surface area contributed by atoms with Crippen molar-refractivity contribution >= 4 is 0 Å². The summed E-state index contributed by atoms with van der Waals surface area (Å²) in [5.74, 6) is 5.80. The van der Waals surface area contributed by atoms with Crippen LogP contribution in [0, 0.1) is 12.7 Å². The largest absolute Gasteiger partial charge is 0.270 e. The summed E-state index contributed by atoms with van der Waals surface area (Å²) < 4.78 is 13.0. The van der Waals surface area contributed by atoms with E-state index in [4.69, 9.17) is 5.84 Å². The van der Waals surface area contributed by atoms with Crippen molar-refractivity contribution in [3.05, 3.63) is 47.3 Å². The number of hydrogen-bond donors (Lipinski definition) is 3. The summed E-state index contributed by atoms with van der Waals surface area (Å²) in [5.41, 5.74) is 4.29. The summed E-state index contributed by atoms with van der Waals surface area (Å²) in [7, 11) is 0. The number of aromatic nitrogens is 3. The highest BCUT2D eigenvalue weighted by Gasteiger charge is 2.17. The number of hydrazine groups is 1. The van der Waals surface area contributed by atoms with Crippen LogP contribution >= 0.6 is 0 Å². The van der Waals surface area contributed by atoms with Crippen LogP contribution < -0.4 is 11.3 Å².